The molecular formula is C19H16ClF3N4O4S. The van der Waals surface area contributed by atoms with E-state index in [9.17, 15) is 28.5 Å². The van der Waals surface area contributed by atoms with Gasteiger partial charge < -0.3 is 20.1 Å². The molecule has 2 aromatic heterocycles. The van der Waals surface area contributed by atoms with Crippen LogP contribution in [0.2, 0.25) is 5.15 Å². The third-order valence-electron chi connectivity index (χ3n) is 4.89. The van der Waals surface area contributed by atoms with Gasteiger partial charge in [-0.05, 0) is 24.3 Å². The smallest absolute Gasteiger partial charge is 0.194 e. The number of hydrogen-bond acceptors (Lipinski definition) is 8. The second-order valence-corrected chi connectivity index (χ2v) is 8.53. The van der Waals surface area contributed by atoms with Crippen LogP contribution in [0.15, 0.2) is 41.6 Å². The first-order chi connectivity index (χ1) is 15.3. The van der Waals surface area contributed by atoms with E-state index in [-0.39, 0.29) is 16.4 Å². The van der Waals surface area contributed by atoms with Gasteiger partial charge in [0.05, 0.1) is 12.8 Å². The molecule has 32 heavy (non-hydrogen) atoms. The number of aromatic nitrogens is 4. The molecule has 0 radical (unpaired) electrons. The molecule has 8 nitrogen and oxygen atoms in total. The van der Waals surface area contributed by atoms with Gasteiger partial charge in [0.2, 0.25) is 0 Å². The van der Waals surface area contributed by atoms with E-state index in [4.69, 9.17) is 16.3 Å². The molecule has 1 aliphatic rings. The van der Waals surface area contributed by atoms with Gasteiger partial charge >= 0.3 is 0 Å². The maximum atomic E-state index is 13.6. The second kappa shape index (κ2) is 9.33. The summed E-state index contributed by atoms with van der Waals surface area (Å²) < 4.78 is 47.2. The Morgan fingerprint density at radius 1 is 1.12 bits per heavy atom. The highest BCUT2D eigenvalue weighted by Crippen LogP contribution is 2.38. The maximum absolute atomic E-state index is 13.6. The number of rotatable bonds is 5. The Morgan fingerprint density at radius 3 is 2.50 bits per heavy atom. The monoisotopic (exact) mass is 488 g/mol. The van der Waals surface area contributed by atoms with Crippen molar-refractivity contribution in [2.24, 2.45) is 0 Å². The van der Waals surface area contributed by atoms with Crippen LogP contribution in [-0.4, -0.2) is 65.7 Å². The summed E-state index contributed by atoms with van der Waals surface area (Å²) in [5.41, 5.74) is -1.04. The van der Waals surface area contributed by atoms with Crippen LogP contribution in [-0.2, 0) is 4.74 Å². The normalized spacial score (nSPS) is 25.8. The van der Waals surface area contributed by atoms with Crippen LogP contribution in [0.4, 0.5) is 13.2 Å². The molecule has 1 fully saturated rings. The molecule has 170 valence electrons. The van der Waals surface area contributed by atoms with E-state index in [1.807, 2.05) is 0 Å². The Kier molecular flexibility index (Phi) is 6.70. The Hall–Kier alpha value is -2.22. The molecule has 0 saturated carbocycles. The number of ether oxygens (including phenoxy) is 1. The minimum absolute atomic E-state index is 0.0145. The van der Waals surface area contributed by atoms with Gasteiger partial charge in [0.1, 0.15) is 40.6 Å². The minimum atomic E-state index is -1.61. The van der Waals surface area contributed by atoms with Crippen molar-refractivity contribution in [2.75, 3.05) is 6.61 Å². The first-order valence-electron chi connectivity index (χ1n) is 9.26. The molecule has 1 aliphatic heterocycles. The van der Waals surface area contributed by atoms with Crippen molar-refractivity contribution in [1.82, 2.24) is 20.0 Å². The molecule has 0 spiro atoms. The summed E-state index contributed by atoms with van der Waals surface area (Å²) in [4.78, 5) is 4.50. The van der Waals surface area contributed by atoms with Crippen molar-refractivity contribution < 1.29 is 33.2 Å². The van der Waals surface area contributed by atoms with Gasteiger partial charge in [-0.2, -0.15) is 0 Å². The Morgan fingerprint density at radius 2 is 1.84 bits per heavy atom. The van der Waals surface area contributed by atoms with Crippen LogP contribution < -0.4 is 0 Å². The average Bonchev–Trinajstić information content (AvgIpc) is 3.23. The fourth-order valence-electron chi connectivity index (χ4n) is 3.33. The van der Waals surface area contributed by atoms with E-state index >= 15 is 0 Å². The Bertz CT molecular complexity index is 1100. The van der Waals surface area contributed by atoms with Crippen LogP contribution in [0.3, 0.4) is 0 Å². The van der Waals surface area contributed by atoms with E-state index < -0.39 is 53.8 Å². The van der Waals surface area contributed by atoms with Crippen molar-refractivity contribution in [1.29, 1.82) is 0 Å². The van der Waals surface area contributed by atoms with Gasteiger partial charge in [-0.1, -0.05) is 28.6 Å². The topological polar surface area (TPSA) is 114 Å². The summed E-state index contributed by atoms with van der Waals surface area (Å²) in [6.45, 7) is -0.547. The lowest BCUT2D eigenvalue weighted by atomic mass is 9.97. The van der Waals surface area contributed by atoms with Crippen LogP contribution >= 0.6 is 23.4 Å². The van der Waals surface area contributed by atoms with Gasteiger partial charge in [0.25, 0.3) is 0 Å². The SMILES string of the molecule is OC[C@H]1O[C@H](Sc2ccnc(Cl)c2)[C@H](O)[C@@H](n2cc(-c3cc(F)c(F)c(F)c3)nn2)[C@H]1O. The van der Waals surface area contributed by atoms with Crippen LogP contribution in [0.25, 0.3) is 11.3 Å². The molecule has 4 rings (SSSR count). The molecule has 0 bridgehead atoms. The summed E-state index contributed by atoms with van der Waals surface area (Å²) in [6, 6.07) is 3.60. The highest BCUT2D eigenvalue weighted by molar-refractivity contribution is 7.99. The third-order valence-corrected chi connectivity index (χ3v) is 6.25. The number of halogens is 4. The zero-order valence-corrected chi connectivity index (χ0v) is 17.6. The molecule has 5 atom stereocenters. The molecule has 3 heterocycles. The number of benzene rings is 1. The molecular weight excluding hydrogens is 473 g/mol. The number of nitrogens with zero attached hydrogens (tertiary/aromatic N) is 4. The second-order valence-electron chi connectivity index (χ2n) is 6.97. The van der Waals surface area contributed by atoms with Crippen molar-refractivity contribution in [3.8, 4) is 11.3 Å². The highest BCUT2D eigenvalue weighted by atomic mass is 35.5. The minimum Gasteiger partial charge on any atom is -0.394 e. The fourth-order valence-corrected chi connectivity index (χ4v) is 4.65. The van der Waals surface area contributed by atoms with Crippen molar-refractivity contribution in [2.45, 2.75) is 34.7 Å². The summed E-state index contributed by atoms with van der Waals surface area (Å²) in [5.74, 6) is -4.40. The lowest BCUT2D eigenvalue weighted by molar-refractivity contribution is -0.178. The molecule has 0 aliphatic carbocycles. The van der Waals surface area contributed by atoms with E-state index in [1.165, 1.54) is 12.4 Å². The fraction of sp³-hybridized carbons (Fsp3) is 0.316. The molecule has 1 aromatic carbocycles. The van der Waals surface area contributed by atoms with Crippen LogP contribution in [0.5, 0.6) is 0 Å². The highest BCUT2D eigenvalue weighted by Gasteiger charge is 2.46. The first-order valence-corrected chi connectivity index (χ1v) is 10.5. The molecule has 3 aromatic rings. The molecule has 0 unspecified atom stereocenters. The largest absolute Gasteiger partial charge is 0.394 e. The quantitative estimate of drug-likeness (QED) is 0.370. The average molecular weight is 489 g/mol. The summed E-state index contributed by atoms with van der Waals surface area (Å²) in [6.07, 6.45) is -1.06. The van der Waals surface area contributed by atoms with Gasteiger partial charge in [-0.25, -0.2) is 22.8 Å². The van der Waals surface area contributed by atoms with Gasteiger partial charge in [0.15, 0.2) is 17.5 Å². The number of aliphatic hydroxyl groups excluding tert-OH is 3. The first kappa shape index (κ1) is 23.0. The van der Waals surface area contributed by atoms with Crippen LogP contribution in [0.1, 0.15) is 6.04 Å². The van der Waals surface area contributed by atoms with E-state index in [1.54, 1.807) is 12.1 Å². The third kappa shape index (κ3) is 4.47. The number of aliphatic hydroxyl groups is 3. The summed E-state index contributed by atoms with van der Waals surface area (Å²) >= 11 is 6.98. The van der Waals surface area contributed by atoms with E-state index in [0.717, 1.165) is 28.6 Å². The molecule has 1 saturated heterocycles. The number of thioether (sulfide) groups is 1. The molecule has 3 N–H and O–H groups in total. The van der Waals surface area contributed by atoms with Crippen molar-refractivity contribution in [3.05, 3.63) is 59.3 Å². The predicted molar refractivity (Wildman–Crippen MR) is 107 cm³/mol. The zero-order chi connectivity index (χ0) is 23.0. The molecule has 0 amide bonds. The predicted octanol–water partition coefficient (Wildman–Crippen LogP) is 2.18. The van der Waals surface area contributed by atoms with Crippen LogP contribution in [0, 0.1) is 17.5 Å². The van der Waals surface area contributed by atoms with E-state index in [0.29, 0.717) is 4.90 Å². The lowest BCUT2D eigenvalue weighted by Gasteiger charge is -2.41. The van der Waals surface area contributed by atoms with Gasteiger partial charge in [0, 0.05) is 16.7 Å². The van der Waals surface area contributed by atoms with Gasteiger partial charge in [-0.15, -0.1) is 5.10 Å². The Balaban J connectivity index is 1.64. The summed E-state index contributed by atoms with van der Waals surface area (Å²) in [7, 11) is 0. The van der Waals surface area contributed by atoms with Crippen molar-refractivity contribution in [3.63, 3.8) is 0 Å². The number of hydrogen-bond donors (Lipinski definition) is 3. The molecule has 13 heteroatoms. The lowest BCUT2D eigenvalue weighted by Crippen LogP contribution is -2.55. The van der Waals surface area contributed by atoms with E-state index in [2.05, 4.69) is 15.3 Å². The standard InChI is InChI=1S/C19H16ClF3N4O4S/c20-14-5-9(1-2-24-14)32-19-18(30)16(17(29)13(7-28)31-19)27-6-12(25-26-27)8-3-10(21)15(23)11(22)4-8/h1-6,13,16-19,28-30H,7H2/t13-,16+,17+,18-,19-/m1/s1. The van der Waals surface area contributed by atoms with Gasteiger partial charge in [-0.3, -0.25) is 0 Å². The Labute approximate surface area is 188 Å². The maximum Gasteiger partial charge on any atom is 0.194 e. The zero-order valence-electron chi connectivity index (χ0n) is 16.0. The van der Waals surface area contributed by atoms with Crippen molar-refractivity contribution >= 4 is 23.4 Å². The number of pyridine rings is 1. The summed E-state index contributed by atoms with van der Waals surface area (Å²) in [5, 5.41) is 39.1.